The van der Waals surface area contributed by atoms with Crippen molar-refractivity contribution < 1.29 is 4.79 Å². The van der Waals surface area contributed by atoms with Gasteiger partial charge in [0.1, 0.15) is 0 Å². The second kappa shape index (κ2) is 6.89. The topological polar surface area (TPSA) is 32.3 Å². The number of hydrogen-bond acceptors (Lipinski definition) is 2. The minimum Gasteiger partial charge on any atom is -0.341 e. The molecule has 1 saturated heterocycles. The van der Waals surface area contributed by atoms with Crippen LogP contribution in [0.3, 0.4) is 0 Å². The molecule has 2 atom stereocenters. The van der Waals surface area contributed by atoms with Gasteiger partial charge in [0, 0.05) is 13.1 Å². The fourth-order valence-corrected chi connectivity index (χ4v) is 2.00. The van der Waals surface area contributed by atoms with Crippen LogP contribution in [0.1, 0.15) is 46.5 Å². The molecule has 3 nitrogen and oxygen atoms in total. The number of nitrogens with zero attached hydrogens (tertiary/aromatic N) is 1. The summed E-state index contributed by atoms with van der Waals surface area (Å²) < 4.78 is 0. The molecule has 0 aromatic heterocycles. The molecule has 1 aliphatic heterocycles. The molecule has 2 unspecified atom stereocenters. The minimum absolute atomic E-state index is 0.0212. The Bertz CT molecular complexity index is 212. The van der Waals surface area contributed by atoms with E-state index in [0.717, 1.165) is 26.1 Å². The second-order valence-corrected chi connectivity index (χ2v) is 5.03. The van der Waals surface area contributed by atoms with E-state index in [-0.39, 0.29) is 11.9 Å². The van der Waals surface area contributed by atoms with E-state index in [2.05, 4.69) is 19.2 Å². The highest BCUT2D eigenvalue weighted by atomic mass is 16.2. The van der Waals surface area contributed by atoms with E-state index in [1.54, 1.807) is 0 Å². The maximum absolute atomic E-state index is 12.1. The number of rotatable bonds is 5. The van der Waals surface area contributed by atoms with Crippen molar-refractivity contribution in [2.24, 2.45) is 5.92 Å². The number of carbonyl (C=O) groups is 1. The fourth-order valence-electron chi connectivity index (χ4n) is 2.00. The van der Waals surface area contributed by atoms with E-state index < -0.39 is 0 Å². The first-order chi connectivity index (χ1) is 7.65. The molecular formula is C13H26N2O. The van der Waals surface area contributed by atoms with Crippen molar-refractivity contribution in [2.45, 2.75) is 52.5 Å². The van der Waals surface area contributed by atoms with Crippen LogP contribution in [-0.2, 0) is 4.79 Å². The van der Waals surface area contributed by atoms with Crippen molar-refractivity contribution in [3.05, 3.63) is 0 Å². The highest BCUT2D eigenvalue weighted by Gasteiger charge is 2.21. The monoisotopic (exact) mass is 226 g/mol. The summed E-state index contributed by atoms with van der Waals surface area (Å²) in [5.41, 5.74) is 0. The third-order valence-electron chi connectivity index (χ3n) is 3.51. The highest BCUT2D eigenvalue weighted by molar-refractivity contribution is 5.81. The summed E-state index contributed by atoms with van der Waals surface area (Å²) in [7, 11) is 0. The normalized spacial score (nSPS) is 20.6. The Labute approximate surface area is 99.6 Å². The summed E-state index contributed by atoms with van der Waals surface area (Å²) in [6.07, 6.45) is 4.78. The molecule has 1 heterocycles. The van der Waals surface area contributed by atoms with Gasteiger partial charge in [0.15, 0.2) is 0 Å². The van der Waals surface area contributed by atoms with Gasteiger partial charge in [0.25, 0.3) is 0 Å². The van der Waals surface area contributed by atoms with Gasteiger partial charge in [-0.15, -0.1) is 0 Å². The Morgan fingerprint density at radius 3 is 2.44 bits per heavy atom. The first kappa shape index (κ1) is 13.5. The van der Waals surface area contributed by atoms with Gasteiger partial charge < -0.3 is 10.2 Å². The molecule has 1 fully saturated rings. The van der Waals surface area contributed by atoms with E-state index >= 15 is 0 Å². The summed E-state index contributed by atoms with van der Waals surface area (Å²) >= 11 is 0. The van der Waals surface area contributed by atoms with Crippen molar-refractivity contribution in [2.75, 3.05) is 19.6 Å². The van der Waals surface area contributed by atoms with Crippen LogP contribution in [0.25, 0.3) is 0 Å². The summed E-state index contributed by atoms with van der Waals surface area (Å²) in [6.45, 7) is 9.23. The van der Waals surface area contributed by atoms with Crippen molar-refractivity contribution in [3.8, 4) is 0 Å². The van der Waals surface area contributed by atoms with Crippen LogP contribution in [0, 0.1) is 5.92 Å². The number of hydrogen-bond donors (Lipinski definition) is 1. The quantitative estimate of drug-likeness (QED) is 0.778. The molecular weight excluding hydrogens is 200 g/mol. The number of carbonyl (C=O) groups excluding carboxylic acids is 1. The van der Waals surface area contributed by atoms with Gasteiger partial charge in [-0.05, 0) is 38.6 Å². The molecule has 3 heteroatoms. The molecule has 0 aromatic rings. The molecule has 0 aromatic carbocycles. The summed E-state index contributed by atoms with van der Waals surface area (Å²) in [5, 5.41) is 3.34. The van der Waals surface area contributed by atoms with Crippen LogP contribution in [0.2, 0.25) is 0 Å². The van der Waals surface area contributed by atoms with Gasteiger partial charge in [0.05, 0.1) is 6.04 Å². The Morgan fingerprint density at radius 1 is 1.25 bits per heavy atom. The minimum atomic E-state index is -0.0212. The molecule has 0 bridgehead atoms. The summed E-state index contributed by atoms with van der Waals surface area (Å²) in [4.78, 5) is 14.1. The van der Waals surface area contributed by atoms with E-state index in [0.29, 0.717) is 5.92 Å². The first-order valence-corrected chi connectivity index (χ1v) is 6.67. The molecule has 0 saturated carbocycles. The van der Waals surface area contributed by atoms with Crippen LogP contribution >= 0.6 is 0 Å². The Kier molecular flexibility index (Phi) is 5.81. The molecule has 16 heavy (non-hydrogen) atoms. The lowest BCUT2D eigenvalue weighted by Crippen LogP contribution is -2.47. The van der Waals surface area contributed by atoms with Gasteiger partial charge in [-0.2, -0.15) is 0 Å². The Balaban J connectivity index is 2.29. The largest absolute Gasteiger partial charge is 0.341 e. The third-order valence-corrected chi connectivity index (χ3v) is 3.51. The lowest BCUT2D eigenvalue weighted by molar-refractivity contribution is -0.133. The van der Waals surface area contributed by atoms with E-state index in [4.69, 9.17) is 0 Å². The van der Waals surface area contributed by atoms with E-state index in [9.17, 15) is 4.79 Å². The van der Waals surface area contributed by atoms with E-state index in [1.807, 2.05) is 11.8 Å². The highest BCUT2D eigenvalue weighted by Crippen LogP contribution is 2.10. The lowest BCUT2D eigenvalue weighted by atomic mass is 10.1. The third kappa shape index (κ3) is 4.12. The average Bonchev–Trinajstić information content (AvgIpc) is 2.35. The zero-order chi connectivity index (χ0) is 12.0. The van der Waals surface area contributed by atoms with Crippen molar-refractivity contribution >= 4 is 5.91 Å². The van der Waals surface area contributed by atoms with E-state index in [1.165, 1.54) is 19.3 Å². The van der Waals surface area contributed by atoms with Crippen LogP contribution in [0.4, 0.5) is 0 Å². The van der Waals surface area contributed by atoms with Crippen molar-refractivity contribution in [3.63, 3.8) is 0 Å². The maximum atomic E-state index is 12.1. The van der Waals surface area contributed by atoms with Crippen LogP contribution < -0.4 is 5.32 Å². The average molecular weight is 226 g/mol. The zero-order valence-electron chi connectivity index (χ0n) is 11.0. The second-order valence-electron chi connectivity index (χ2n) is 5.03. The molecule has 0 spiro atoms. The molecule has 1 rings (SSSR count). The molecule has 1 aliphatic rings. The van der Waals surface area contributed by atoms with Crippen molar-refractivity contribution in [1.29, 1.82) is 0 Å². The maximum Gasteiger partial charge on any atom is 0.239 e. The molecule has 0 radical (unpaired) electrons. The number of likely N-dealkylation sites (tertiary alicyclic amines) is 1. The first-order valence-electron chi connectivity index (χ1n) is 6.67. The predicted octanol–water partition coefficient (Wildman–Crippen LogP) is 2.02. The standard InChI is InChI=1S/C13H26N2O/c1-4-11(2)10-14-12(3)13(16)15-8-6-5-7-9-15/h11-12,14H,4-10H2,1-3H3. The van der Waals surface area contributed by atoms with Crippen LogP contribution in [-0.4, -0.2) is 36.5 Å². The van der Waals surface area contributed by atoms with Gasteiger partial charge in [-0.25, -0.2) is 0 Å². The van der Waals surface area contributed by atoms with Crippen LogP contribution in [0.5, 0.6) is 0 Å². The molecule has 0 aliphatic carbocycles. The Morgan fingerprint density at radius 2 is 1.88 bits per heavy atom. The molecule has 1 N–H and O–H groups in total. The van der Waals surface area contributed by atoms with Crippen molar-refractivity contribution in [1.82, 2.24) is 10.2 Å². The van der Waals surface area contributed by atoms with Crippen LogP contribution in [0.15, 0.2) is 0 Å². The fraction of sp³-hybridized carbons (Fsp3) is 0.923. The van der Waals surface area contributed by atoms with Gasteiger partial charge in [0.2, 0.25) is 5.91 Å². The van der Waals surface area contributed by atoms with Gasteiger partial charge in [-0.3, -0.25) is 4.79 Å². The SMILES string of the molecule is CCC(C)CNC(C)C(=O)N1CCCCC1. The zero-order valence-corrected chi connectivity index (χ0v) is 11.0. The number of nitrogens with one attached hydrogen (secondary N) is 1. The van der Waals surface area contributed by atoms with Gasteiger partial charge in [-0.1, -0.05) is 20.3 Å². The predicted molar refractivity (Wildman–Crippen MR) is 67.4 cm³/mol. The molecule has 1 amide bonds. The molecule has 94 valence electrons. The summed E-state index contributed by atoms with van der Waals surface area (Å²) in [6, 6.07) is -0.0212. The Hall–Kier alpha value is -0.570. The smallest absolute Gasteiger partial charge is 0.239 e. The summed E-state index contributed by atoms with van der Waals surface area (Å²) in [5.74, 6) is 0.930. The number of piperidine rings is 1. The number of amides is 1. The van der Waals surface area contributed by atoms with Gasteiger partial charge >= 0.3 is 0 Å². The lowest BCUT2D eigenvalue weighted by Gasteiger charge is -2.29.